The number of hydrogen-bond acceptors (Lipinski definition) is 1. The van der Waals surface area contributed by atoms with Gasteiger partial charge in [0.1, 0.15) is 5.65 Å². The number of nitrogens with zero attached hydrogens (tertiary/aromatic N) is 2. The van der Waals surface area contributed by atoms with Crippen LogP contribution < -0.4 is 0 Å². The standard InChI is InChI=1S/C12H16N2/c1-3-4-5-11-8-10(2)9-12-13-6-7-14(11)12/h6-9H,3-5H2,1-2H3. The molecule has 2 rings (SSSR count). The van der Waals surface area contributed by atoms with Crippen molar-refractivity contribution in [2.24, 2.45) is 0 Å². The first kappa shape index (κ1) is 9.25. The van der Waals surface area contributed by atoms with Crippen LogP contribution in [0.4, 0.5) is 0 Å². The fraction of sp³-hybridized carbons (Fsp3) is 0.417. The van der Waals surface area contributed by atoms with E-state index in [9.17, 15) is 0 Å². The van der Waals surface area contributed by atoms with E-state index in [1.165, 1.54) is 24.1 Å². The molecule has 0 fully saturated rings. The zero-order valence-electron chi connectivity index (χ0n) is 8.83. The number of pyridine rings is 1. The van der Waals surface area contributed by atoms with Crippen molar-refractivity contribution in [2.45, 2.75) is 33.1 Å². The molecule has 0 saturated heterocycles. The summed E-state index contributed by atoms with van der Waals surface area (Å²) in [5.74, 6) is 0. The lowest BCUT2D eigenvalue weighted by molar-refractivity contribution is 0.766. The van der Waals surface area contributed by atoms with Crippen LogP contribution in [0.2, 0.25) is 0 Å². The molecule has 2 heteroatoms. The Morgan fingerprint density at radius 3 is 3.00 bits per heavy atom. The van der Waals surface area contributed by atoms with Crippen molar-refractivity contribution < 1.29 is 0 Å². The molecule has 0 unspecified atom stereocenters. The first-order chi connectivity index (χ1) is 6.81. The molecule has 2 aromatic rings. The van der Waals surface area contributed by atoms with Crippen LogP contribution in [0.15, 0.2) is 24.5 Å². The van der Waals surface area contributed by atoms with Crippen molar-refractivity contribution in [1.82, 2.24) is 9.38 Å². The van der Waals surface area contributed by atoms with Gasteiger partial charge in [-0.2, -0.15) is 0 Å². The first-order valence-corrected chi connectivity index (χ1v) is 5.24. The molecule has 0 aliphatic rings. The normalized spacial score (nSPS) is 11.0. The molecule has 0 aliphatic heterocycles. The van der Waals surface area contributed by atoms with Crippen LogP contribution in [0.3, 0.4) is 0 Å². The second-order valence-electron chi connectivity index (χ2n) is 3.78. The summed E-state index contributed by atoms with van der Waals surface area (Å²) < 4.78 is 2.18. The second-order valence-corrected chi connectivity index (χ2v) is 3.78. The Balaban J connectivity index is 2.44. The Bertz CT molecular complexity index is 429. The fourth-order valence-corrected chi connectivity index (χ4v) is 1.79. The van der Waals surface area contributed by atoms with Gasteiger partial charge in [-0.3, -0.25) is 0 Å². The average molecular weight is 188 g/mol. The van der Waals surface area contributed by atoms with Gasteiger partial charge in [0.15, 0.2) is 0 Å². The molecule has 0 N–H and O–H groups in total. The van der Waals surface area contributed by atoms with Crippen LogP contribution in [-0.2, 0) is 6.42 Å². The molecule has 2 aromatic heterocycles. The number of rotatable bonds is 3. The Hall–Kier alpha value is -1.31. The van der Waals surface area contributed by atoms with Gasteiger partial charge in [-0.15, -0.1) is 0 Å². The van der Waals surface area contributed by atoms with E-state index in [1.54, 1.807) is 0 Å². The van der Waals surface area contributed by atoms with Crippen LogP contribution in [0.25, 0.3) is 5.65 Å². The molecule has 0 aliphatic carbocycles. The van der Waals surface area contributed by atoms with Gasteiger partial charge in [-0.25, -0.2) is 4.98 Å². The van der Waals surface area contributed by atoms with E-state index in [-0.39, 0.29) is 0 Å². The fourth-order valence-electron chi connectivity index (χ4n) is 1.79. The molecule has 0 saturated carbocycles. The maximum atomic E-state index is 4.31. The Morgan fingerprint density at radius 1 is 1.36 bits per heavy atom. The predicted octanol–water partition coefficient (Wildman–Crippen LogP) is 2.99. The highest BCUT2D eigenvalue weighted by molar-refractivity contribution is 5.43. The van der Waals surface area contributed by atoms with Crippen molar-refractivity contribution in [3.05, 3.63) is 35.8 Å². The predicted molar refractivity (Wildman–Crippen MR) is 58.5 cm³/mol. The van der Waals surface area contributed by atoms with Crippen LogP contribution in [-0.4, -0.2) is 9.38 Å². The van der Waals surface area contributed by atoms with Crippen LogP contribution in [0.5, 0.6) is 0 Å². The molecular formula is C12H16N2. The largest absolute Gasteiger partial charge is 0.304 e. The highest BCUT2D eigenvalue weighted by Crippen LogP contribution is 2.12. The number of aryl methyl sites for hydroxylation is 2. The van der Waals surface area contributed by atoms with E-state index in [4.69, 9.17) is 0 Å². The summed E-state index contributed by atoms with van der Waals surface area (Å²) in [7, 11) is 0. The van der Waals surface area contributed by atoms with Crippen LogP contribution in [0.1, 0.15) is 31.0 Å². The minimum Gasteiger partial charge on any atom is -0.304 e. The molecule has 74 valence electrons. The molecule has 2 nitrogen and oxygen atoms in total. The SMILES string of the molecule is CCCCc1cc(C)cc2nccn12. The van der Waals surface area contributed by atoms with Crippen molar-refractivity contribution in [2.75, 3.05) is 0 Å². The summed E-state index contributed by atoms with van der Waals surface area (Å²) in [5.41, 5.74) is 3.74. The molecule has 0 aromatic carbocycles. The van der Waals surface area contributed by atoms with Crippen molar-refractivity contribution in [1.29, 1.82) is 0 Å². The zero-order chi connectivity index (χ0) is 9.97. The third-order valence-electron chi connectivity index (χ3n) is 2.52. The number of imidazole rings is 1. The first-order valence-electron chi connectivity index (χ1n) is 5.24. The minimum absolute atomic E-state index is 1.07. The number of unbranched alkanes of at least 4 members (excludes halogenated alkanes) is 1. The minimum atomic E-state index is 1.07. The van der Waals surface area contributed by atoms with Gasteiger partial charge < -0.3 is 4.40 Å². The van der Waals surface area contributed by atoms with E-state index >= 15 is 0 Å². The van der Waals surface area contributed by atoms with Crippen LogP contribution >= 0.6 is 0 Å². The Kier molecular flexibility index (Phi) is 2.53. The van der Waals surface area contributed by atoms with Gasteiger partial charge in [-0.1, -0.05) is 13.3 Å². The average Bonchev–Trinajstić information content (AvgIpc) is 2.61. The van der Waals surface area contributed by atoms with Gasteiger partial charge in [0.2, 0.25) is 0 Å². The summed E-state index contributed by atoms with van der Waals surface area (Å²) in [5, 5.41) is 0. The van der Waals surface area contributed by atoms with Gasteiger partial charge in [0, 0.05) is 18.1 Å². The molecule has 0 bridgehead atoms. The third-order valence-corrected chi connectivity index (χ3v) is 2.52. The smallest absolute Gasteiger partial charge is 0.137 e. The van der Waals surface area contributed by atoms with Crippen molar-refractivity contribution >= 4 is 5.65 Å². The Labute approximate surface area is 84.6 Å². The van der Waals surface area contributed by atoms with Gasteiger partial charge >= 0.3 is 0 Å². The Morgan fingerprint density at radius 2 is 2.21 bits per heavy atom. The molecule has 0 spiro atoms. The quantitative estimate of drug-likeness (QED) is 0.723. The van der Waals surface area contributed by atoms with Crippen LogP contribution in [0, 0.1) is 6.92 Å². The highest BCUT2D eigenvalue weighted by Gasteiger charge is 2.01. The van der Waals surface area contributed by atoms with Gasteiger partial charge in [-0.05, 0) is 37.5 Å². The van der Waals surface area contributed by atoms with E-state index in [0.717, 1.165) is 12.1 Å². The number of hydrogen-bond donors (Lipinski definition) is 0. The summed E-state index contributed by atoms with van der Waals surface area (Å²) in [4.78, 5) is 4.31. The van der Waals surface area contributed by atoms with Crippen molar-refractivity contribution in [3.8, 4) is 0 Å². The summed E-state index contributed by atoms with van der Waals surface area (Å²) >= 11 is 0. The topological polar surface area (TPSA) is 17.3 Å². The van der Waals surface area contributed by atoms with Crippen molar-refractivity contribution in [3.63, 3.8) is 0 Å². The maximum Gasteiger partial charge on any atom is 0.137 e. The molecule has 0 amide bonds. The second kappa shape index (κ2) is 3.82. The number of aromatic nitrogens is 2. The van der Waals surface area contributed by atoms with Gasteiger partial charge in [0.25, 0.3) is 0 Å². The summed E-state index contributed by atoms with van der Waals surface area (Å²) in [6, 6.07) is 4.37. The molecule has 0 radical (unpaired) electrons. The molecule has 14 heavy (non-hydrogen) atoms. The maximum absolute atomic E-state index is 4.31. The summed E-state index contributed by atoms with van der Waals surface area (Å²) in [6.07, 6.45) is 7.54. The van der Waals surface area contributed by atoms with E-state index in [1.807, 2.05) is 12.4 Å². The number of fused-ring (bicyclic) bond motifs is 1. The lowest BCUT2D eigenvalue weighted by Crippen LogP contribution is -1.97. The van der Waals surface area contributed by atoms with Gasteiger partial charge in [0.05, 0.1) is 0 Å². The summed E-state index contributed by atoms with van der Waals surface area (Å²) in [6.45, 7) is 4.35. The lowest BCUT2D eigenvalue weighted by atomic mass is 10.1. The van der Waals surface area contributed by atoms with E-state index in [0.29, 0.717) is 0 Å². The van der Waals surface area contributed by atoms with E-state index in [2.05, 4.69) is 35.4 Å². The van der Waals surface area contributed by atoms with E-state index < -0.39 is 0 Å². The third kappa shape index (κ3) is 1.65. The lowest BCUT2D eigenvalue weighted by Gasteiger charge is -2.05. The molecule has 0 atom stereocenters. The monoisotopic (exact) mass is 188 g/mol. The molecular weight excluding hydrogens is 172 g/mol. The highest BCUT2D eigenvalue weighted by atomic mass is 15.0. The molecule has 2 heterocycles. The zero-order valence-corrected chi connectivity index (χ0v) is 8.83.